The van der Waals surface area contributed by atoms with Gasteiger partial charge in [-0.2, -0.15) is 11.8 Å². The zero-order valence-electron chi connectivity index (χ0n) is 11.2. The first-order valence-corrected chi connectivity index (χ1v) is 7.70. The zero-order valence-corrected chi connectivity index (χ0v) is 12.0. The Morgan fingerprint density at radius 3 is 2.74 bits per heavy atom. The molecular weight excluding hydrogens is 262 g/mol. The van der Waals surface area contributed by atoms with Crippen molar-refractivity contribution in [3.63, 3.8) is 0 Å². The van der Waals surface area contributed by atoms with Crippen molar-refractivity contribution < 1.29 is 4.92 Å². The average Bonchev–Trinajstić information content (AvgIpc) is 2.85. The van der Waals surface area contributed by atoms with Gasteiger partial charge < -0.3 is 10.6 Å². The van der Waals surface area contributed by atoms with Crippen LogP contribution in [0.3, 0.4) is 0 Å². The van der Waals surface area contributed by atoms with E-state index in [-0.39, 0.29) is 10.6 Å². The summed E-state index contributed by atoms with van der Waals surface area (Å²) in [5, 5.41) is 18.0. The van der Waals surface area contributed by atoms with E-state index in [1.54, 1.807) is 19.2 Å². The van der Waals surface area contributed by atoms with Crippen LogP contribution < -0.4 is 10.6 Å². The predicted molar refractivity (Wildman–Crippen MR) is 81.2 cm³/mol. The number of thioether (sulfide) groups is 1. The molecule has 0 amide bonds. The Bertz CT molecular complexity index is 467. The molecule has 1 aliphatic rings. The molecule has 2 N–H and O–H groups in total. The Morgan fingerprint density at radius 1 is 1.37 bits per heavy atom. The Hall–Kier alpha value is -1.43. The average molecular weight is 281 g/mol. The molecule has 0 heterocycles. The molecule has 2 unspecified atom stereocenters. The summed E-state index contributed by atoms with van der Waals surface area (Å²) >= 11 is 1.84. The van der Waals surface area contributed by atoms with Crippen molar-refractivity contribution in [1.82, 2.24) is 0 Å². The Labute approximate surface area is 117 Å². The van der Waals surface area contributed by atoms with Crippen molar-refractivity contribution in [2.24, 2.45) is 0 Å². The normalized spacial score (nSPS) is 22.2. The molecule has 1 aliphatic carbocycles. The van der Waals surface area contributed by atoms with Gasteiger partial charge in [0.15, 0.2) is 0 Å². The molecular formula is C13H19N3O2S. The highest BCUT2D eigenvalue weighted by Gasteiger charge is 2.29. The third-order valence-corrected chi connectivity index (χ3v) is 4.75. The minimum Gasteiger partial charge on any atom is -0.382 e. The summed E-state index contributed by atoms with van der Waals surface area (Å²) in [4.78, 5) is 10.9. The van der Waals surface area contributed by atoms with Crippen LogP contribution in [0.4, 0.5) is 17.1 Å². The van der Waals surface area contributed by atoms with Crippen molar-refractivity contribution in [3.05, 3.63) is 28.3 Å². The van der Waals surface area contributed by atoms with Gasteiger partial charge in [0.05, 0.1) is 4.92 Å². The molecule has 1 saturated carbocycles. The number of para-hydroxylation sites is 1. The molecule has 0 aliphatic heterocycles. The van der Waals surface area contributed by atoms with Crippen LogP contribution in [-0.4, -0.2) is 29.5 Å². The van der Waals surface area contributed by atoms with Crippen LogP contribution in [0.2, 0.25) is 0 Å². The number of nitrogens with zero attached hydrogens (tertiary/aromatic N) is 1. The van der Waals surface area contributed by atoms with Crippen LogP contribution in [-0.2, 0) is 0 Å². The molecule has 0 radical (unpaired) electrons. The van der Waals surface area contributed by atoms with Gasteiger partial charge in [-0.25, -0.2) is 0 Å². The fourth-order valence-electron chi connectivity index (χ4n) is 2.63. The number of benzene rings is 1. The van der Waals surface area contributed by atoms with E-state index in [0.29, 0.717) is 22.7 Å². The molecule has 0 saturated heterocycles. The highest BCUT2D eigenvalue weighted by atomic mass is 32.2. The fourth-order valence-corrected chi connectivity index (χ4v) is 3.57. The second kappa shape index (κ2) is 6.14. The van der Waals surface area contributed by atoms with E-state index in [9.17, 15) is 10.1 Å². The van der Waals surface area contributed by atoms with Crippen molar-refractivity contribution in [1.29, 1.82) is 0 Å². The van der Waals surface area contributed by atoms with Crippen LogP contribution in [0.5, 0.6) is 0 Å². The maximum absolute atomic E-state index is 11.2. The van der Waals surface area contributed by atoms with Gasteiger partial charge in [-0.1, -0.05) is 12.5 Å². The van der Waals surface area contributed by atoms with Gasteiger partial charge in [0, 0.05) is 18.3 Å². The minimum absolute atomic E-state index is 0.136. The molecule has 1 aromatic rings. The fraction of sp³-hybridized carbons (Fsp3) is 0.538. The molecule has 5 nitrogen and oxygen atoms in total. The first-order chi connectivity index (χ1) is 9.17. The van der Waals surface area contributed by atoms with Crippen molar-refractivity contribution >= 4 is 28.8 Å². The van der Waals surface area contributed by atoms with Crippen LogP contribution in [0.25, 0.3) is 0 Å². The van der Waals surface area contributed by atoms with Crippen LogP contribution in [0, 0.1) is 10.1 Å². The molecule has 2 atom stereocenters. The van der Waals surface area contributed by atoms with Crippen LogP contribution >= 0.6 is 11.8 Å². The van der Waals surface area contributed by atoms with E-state index in [0.717, 1.165) is 6.42 Å². The van der Waals surface area contributed by atoms with Gasteiger partial charge in [0.25, 0.3) is 0 Å². The van der Waals surface area contributed by atoms with E-state index >= 15 is 0 Å². The summed E-state index contributed by atoms with van der Waals surface area (Å²) in [6, 6.07) is 5.67. The molecule has 6 heteroatoms. The first kappa shape index (κ1) is 14.0. The summed E-state index contributed by atoms with van der Waals surface area (Å²) in [5.74, 6) is 0. The largest absolute Gasteiger partial charge is 0.382 e. The molecule has 1 aromatic carbocycles. The Kier molecular flexibility index (Phi) is 4.52. The second-order valence-electron chi connectivity index (χ2n) is 4.66. The van der Waals surface area contributed by atoms with Crippen LogP contribution in [0.1, 0.15) is 19.3 Å². The summed E-state index contributed by atoms with van der Waals surface area (Å²) in [5.41, 5.74) is 1.30. The quantitative estimate of drug-likeness (QED) is 0.640. The van der Waals surface area contributed by atoms with Gasteiger partial charge in [0.2, 0.25) is 0 Å². The lowest BCUT2D eigenvalue weighted by atomic mass is 10.2. The van der Waals surface area contributed by atoms with Gasteiger partial charge in [-0.3, -0.25) is 10.1 Å². The molecule has 19 heavy (non-hydrogen) atoms. The first-order valence-electron chi connectivity index (χ1n) is 6.42. The number of rotatable bonds is 5. The molecule has 1 fully saturated rings. The monoisotopic (exact) mass is 281 g/mol. The Morgan fingerprint density at radius 2 is 2.11 bits per heavy atom. The summed E-state index contributed by atoms with van der Waals surface area (Å²) < 4.78 is 0. The highest BCUT2D eigenvalue weighted by Crippen LogP contribution is 2.36. The van der Waals surface area contributed by atoms with Gasteiger partial charge in [-0.05, 0) is 31.2 Å². The topological polar surface area (TPSA) is 67.2 Å². The van der Waals surface area contributed by atoms with Gasteiger partial charge >= 0.3 is 5.69 Å². The smallest absolute Gasteiger partial charge is 0.315 e. The number of nitrogens with one attached hydrogen (secondary N) is 2. The van der Waals surface area contributed by atoms with Crippen LogP contribution in [0.15, 0.2) is 18.2 Å². The summed E-state index contributed by atoms with van der Waals surface area (Å²) in [6.45, 7) is 0. The van der Waals surface area contributed by atoms with Gasteiger partial charge in [0.1, 0.15) is 11.4 Å². The minimum atomic E-state index is -0.322. The standard InChI is InChI=1S/C13H19N3O2S/c1-14-10-6-3-7-11(13(10)16(17)18)15-9-5-4-8-12(9)19-2/h3,6-7,9,12,14-15H,4-5,8H2,1-2H3. The Balaban J connectivity index is 2.27. The number of nitro benzene ring substituents is 1. The maximum Gasteiger partial charge on any atom is 0.315 e. The van der Waals surface area contributed by atoms with E-state index in [1.165, 1.54) is 12.8 Å². The number of anilines is 2. The second-order valence-corrected chi connectivity index (χ2v) is 5.74. The molecule has 2 rings (SSSR count). The lowest BCUT2D eigenvalue weighted by Crippen LogP contribution is -2.26. The molecule has 0 bridgehead atoms. The summed E-state index contributed by atoms with van der Waals surface area (Å²) in [7, 11) is 1.70. The number of hydrogen-bond acceptors (Lipinski definition) is 5. The predicted octanol–water partition coefficient (Wildman–Crippen LogP) is 3.33. The lowest BCUT2D eigenvalue weighted by molar-refractivity contribution is -0.383. The van der Waals surface area contributed by atoms with E-state index < -0.39 is 0 Å². The highest BCUT2D eigenvalue weighted by molar-refractivity contribution is 7.99. The maximum atomic E-state index is 11.2. The van der Waals surface area contributed by atoms with Crippen molar-refractivity contribution in [2.75, 3.05) is 23.9 Å². The molecule has 104 valence electrons. The lowest BCUT2D eigenvalue weighted by Gasteiger charge is -2.20. The summed E-state index contributed by atoms with van der Waals surface area (Å²) in [6.07, 6.45) is 5.54. The van der Waals surface area contributed by atoms with Crippen molar-refractivity contribution in [3.8, 4) is 0 Å². The zero-order chi connectivity index (χ0) is 13.8. The van der Waals surface area contributed by atoms with E-state index in [1.807, 2.05) is 17.8 Å². The van der Waals surface area contributed by atoms with E-state index in [4.69, 9.17) is 0 Å². The molecule has 0 spiro atoms. The SMILES string of the molecule is CNc1cccc(NC2CCCC2SC)c1[N+](=O)[O-]. The van der Waals surface area contributed by atoms with Crippen molar-refractivity contribution in [2.45, 2.75) is 30.6 Å². The number of nitro groups is 1. The van der Waals surface area contributed by atoms with E-state index in [2.05, 4.69) is 16.9 Å². The number of hydrogen-bond donors (Lipinski definition) is 2. The van der Waals surface area contributed by atoms with Gasteiger partial charge in [-0.15, -0.1) is 0 Å². The third-order valence-electron chi connectivity index (χ3n) is 3.58. The molecule has 0 aromatic heterocycles. The third kappa shape index (κ3) is 2.94.